The first-order chi connectivity index (χ1) is 9.57. The van der Waals surface area contributed by atoms with Gasteiger partial charge >= 0.3 is 5.97 Å². The van der Waals surface area contributed by atoms with E-state index in [1.807, 2.05) is 0 Å². The molecule has 0 saturated heterocycles. The van der Waals surface area contributed by atoms with Crippen molar-refractivity contribution in [3.8, 4) is 0 Å². The number of Topliss-reactive ketones (excluding diaryl/α,β-unsaturated/α-hetero) is 1. The topological polar surface area (TPSA) is 89.5 Å². The minimum Gasteiger partial charge on any atom is -0.464 e. The Balaban J connectivity index is 4.68. The van der Waals surface area contributed by atoms with Gasteiger partial charge in [-0.2, -0.15) is 0 Å². The van der Waals surface area contributed by atoms with Crippen molar-refractivity contribution in [1.82, 2.24) is 5.32 Å². The number of ketones is 1. The highest BCUT2D eigenvalue weighted by Crippen LogP contribution is 2.23. The van der Waals surface area contributed by atoms with Crippen LogP contribution in [-0.2, 0) is 23.9 Å². The lowest BCUT2D eigenvalue weighted by Crippen LogP contribution is -2.44. The first kappa shape index (κ1) is 19.6. The fraction of sp³-hybridized carbons (Fsp3) is 0.714. The summed E-state index contributed by atoms with van der Waals surface area (Å²) in [6, 6.07) is -0.937. The number of ether oxygens (including phenoxy) is 1. The summed E-state index contributed by atoms with van der Waals surface area (Å²) in [6.07, 6.45) is -0.298. The standard InChI is InChI=1S/C14H23NO5S/c1-6-20-12(18)10(15-11(17)7-9(2)16)8-21-13(19)14(3,4)5/h10H,6-8H2,1-5H3,(H,15,17)/t10-/m0/s1. The number of hydrogen-bond acceptors (Lipinski definition) is 6. The van der Waals surface area contributed by atoms with E-state index in [9.17, 15) is 19.2 Å². The summed E-state index contributed by atoms with van der Waals surface area (Å²) in [5.41, 5.74) is -0.534. The molecule has 1 amide bonds. The van der Waals surface area contributed by atoms with Gasteiger partial charge in [0.05, 0.1) is 13.0 Å². The van der Waals surface area contributed by atoms with E-state index in [0.29, 0.717) is 0 Å². The van der Waals surface area contributed by atoms with E-state index in [1.54, 1.807) is 27.7 Å². The molecule has 0 aromatic carbocycles. The quantitative estimate of drug-likeness (QED) is 0.562. The number of amides is 1. The number of hydrogen-bond donors (Lipinski definition) is 1. The summed E-state index contributed by atoms with van der Waals surface area (Å²) >= 11 is 0.967. The Bertz CT molecular complexity index is 414. The molecule has 1 N–H and O–H groups in total. The van der Waals surface area contributed by atoms with Crippen molar-refractivity contribution in [1.29, 1.82) is 0 Å². The van der Waals surface area contributed by atoms with Crippen LogP contribution in [0, 0.1) is 5.41 Å². The number of esters is 1. The lowest BCUT2D eigenvalue weighted by atomic mass is 10.00. The van der Waals surface area contributed by atoms with Crippen molar-refractivity contribution < 1.29 is 23.9 Å². The Kier molecular flexibility index (Phi) is 8.24. The number of carbonyl (C=O) groups excluding carboxylic acids is 4. The zero-order chi connectivity index (χ0) is 16.6. The second kappa shape index (κ2) is 8.81. The number of thioether (sulfide) groups is 1. The largest absolute Gasteiger partial charge is 0.464 e. The Morgan fingerprint density at radius 2 is 1.76 bits per heavy atom. The van der Waals surface area contributed by atoms with Crippen LogP contribution in [0.25, 0.3) is 0 Å². The van der Waals surface area contributed by atoms with Crippen LogP contribution in [0.5, 0.6) is 0 Å². The maximum absolute atomic E-state index is 11.9. The molecule has 0 rings (SSSR count). The van der Waals surface area contributed by atoms with E-state index in [-0.39, 0.29) is 29.7 Å². The van der Waals surface area contributed by atoms with Crippen LogP contribution in [0.4, 0.5) is 0 Å². The zero-order valence-electron chi connectivity index (χ0n) is 13.1. The third-order valence-corrected chi connectivity index (χ3v) is 3.68. The van der Waals surface area contributed by atoms with Gasteiger partial charge in [-0.05, 0) is 13.8 Å². The summed E-state index contributed by atoms with van der Waals surface area (Å²) < 4.78 is 4.86. The Morgan fingerprint density at radius 1 is 1.19 bits per heavy atom. The maximum Gasteiger partial charge on any atom is 0.329 e. The van der Waals surface area contributed by atoms with Crippen molar-refractivity contribution >= 4 is 34.5 Å². The fourth-order valence-corrected chi connectivity index (χ4v) is 2.23. The third kappa shape index (κ3) is 8.49. The van der Waals surface area contributed by atoms with Gasteiger partial charge in [0.1, 0.15) is 11.8 Å². The molecule has 0 aliphatic heterocycles. The average molecular weight is 317 g/mol. The van der Waals surface area contributed by atoms with Crippen LogP contribution < -0.4 is 5.32 Å². The summed E-state index contributed by atoms with van der Waals surface area (Å²) in [5, 5.41) is 2.35. The molecule has 1 atom stereocenters. The van der Waals surface area contributed by atoms with E-state index in [2.05, 4.69) is 5.32 Å². The van der Waals surface area contributed by atoms with Gasteiger partial charge in [0.2, 0.25) is 5.91 Å². The molecule has 0 spiro atoms. The monoisotopic (exact) mass is 317 g/mol. The highest BCUT2D eigenvalue weighted by Gasteiger charge is 2.27. The molecule has 0 aliphatic carbocycles. The summed E-state index contributed by atoms with van der Waals surface area (Å²) in [5.74, 6) is -1.38. The first-order valence-electron chi connectivity index (χ1n) is 6.70. The Labute approximate surface area is 129 Å². The van der Waals surface area contributed by atoms with Gasteiger partial charge in [-0.1, -0.05) is 32.5 Å². The van der Waals surface area contributed by atoms with Crippen molar-refractivity contribution in [2.24, 2.45) is 5.41 Å². The van der Waals surface area contributed by atoms with Gasteiger partial charge in [0, 0.05) is 11.2 Å². The highest BCUT2D eigenvalue weighted by molar-refractivity contribution is 8.13. The normalized spacial score (nSPS) is 12.4. The number of rotatable bonds is 7. The van der Waals surface area contributed by atoms with E-state index >= 15 is 0 Å². The molecule has 0 unspecified atom stereocenters. The second-order valence-corrected chi connectivity index (χ2v) is 6.59. The van der Waals surface area contributed by atoms with Crippen molar-refractivity contribution in [3.05, 3.63) is 0 Å². The lowest BCUT2D eigenvalue weighted by Gasteiger charge is -2.19. The SMILES string of the molecule is CCOC(=O)[C@H](CSC(=O)C(C)(C)C)NC(=O)CC(C)=O. The van der Waals surface area contributed by atoms with Crippen LogP contribution in [0.3, 0.4) is 0 Å². The smallest absolute Gasteiger partial charge is 0.329 e. The molecule has 120 valence electrons. The van der Waals surface area contributed by atoms with E-state index in [1.165, 1.54) is 6.92 Å². The highest BCUT2D eigenvalue weighted by atomic mass is 32.2. The molecule has 0 heterocycles. The first-order valence-corrected chi connectivity index (χ1v) is 7.69. The van der Waals surface area contributed by atoms with E-state index < -0.39 is 23.3 Å². The van der Waals surface area contributed by atoms with Crippen molar-refractivity contribution in [2.45, 2.75) is 47.1 Å². The van der Waals surface area contributed by atoms with E-state index in [0.717, 1.165) is 11.8 Å². The summed E-state index contributed by atoms with van der Waals surface area (Å²) in [7, 11) is 0. The third-order valence-electron chi connectivity index (χ3n) is 2.31. The van der Waals surface area contributed by atoms with Crippen molar-refractivity contribution in [2.75, 3.05) is 12.4 Å². The molecule has 0 radical (unpaired) electrons. The molecule has 0 fully saturated rings. The molecule has 21 heavy (non-hydrogen) atoms. The van der Waals surface area contributed by atoms with Gasteiger partial charge in [-0.15, -0.1) is 0 Å². The zero-order valence-corrected chi connectivity index (χ0v) is 14.0. The predicted octanol–water partition coefficient (Wildman–Crippen LogP) is 1.32. The minimum atomic E-state index is -0.937. The minimum absolute atomic E-state index is 0.0819. The predicted molar refractivity (Wildman–Crippen MR) is 80.8 cm³/mol. The summed E-state index contributed by atoms with van der Waals surface area (Å²) in [6.45, 7) is 8.44. The molecule has 6 nitrogen and oxygen atoms in total. The molecule has 0 saturated carbocycles. The molecule has 0 bridgehead atoms. The number of carbonyl (C=O) groups is 4. The van der Waals surface area contributed by atoms with Crippen LogP contribution in [0.2, 0.25) is 0 Å². The fourth-order valence-electron chi connectivity index (χ4n) is 1.26. The molecule has 7 heteroatoms. The Morgan fingerprint density at radius 3 is 2.19 bits per heavy atom. The molecule has 0 aromatic rings. The van der Waals surface area contributed by atoms with Crippen LogP contribution in [0.15, 0.2) is 0 Å². The molecule has 0 aliphatic rings. The molecular formula is C14H23NO5S. The van der Waals surface area contributed by atoms with Gasteiger partial charge < -0.3 is 10.1 Å². The van der Waals surface area contributed by atoms with Crippen LogP contribution in [0.1, 0.15) is 41.0 Å². The lowest BCUT2D eigenvalue weighted by molar-refractivity contribution is -0.147. The maximum atomic E-state index is 11.9. The second-order valence-electron chi connectivity index (χ2n) is 5.60. The molecule has 0 aromatic heterocycles. The Hall–Kier alpha value is -1.37. The summed E-state index contributed by atoms with van der Waals surface area (Å²) in [4.78, 5) is 46.1. The molecular weight excluding hydrogens is 294 g/mol. The van der Waals surface area contributed by atoms with Crippen LogP contribution >= 0.6 is 11.8 Å². The van der Waals surface area contributed by atoms with E-state index in [4.69, 9.17) is 4.74 Å². The van der Waals surface area contributed by atoms with Gasteiger partial charge in [0.15, 0.2) is 5.12 Å². The van der Waals surface area contributed by atoms with Gasteiger partial charge in [0.25, 0.3) is 0 Å². The van der Waals surface area contributed by atoms with Crippen molar-refractivity contribution in [3.63, 3.8) is 0 Å². The average Bonchev–Trinajstić information content (AvgIpc) is 2.31. The van der Waals surface area contributed by atoms with Crippen LogP contribution in [-0.4, -0.2) is 41.2 Å². The van der Waals surface area contributed by atoms with Gasteiger partial charge in [-0.25, -0.2) is 4.79 Å². The van der Waals surface area contributed by atoms with Gasteiger partial charge in [-0.3, -0.25) is 14.4 Å². The number of nitrogens with one attached hydrogen (secondary N) is 1.